The Hall–Kier alpha value is -2.92. The third kappa shape index (κ3) is 5.53. The molecule has 1 aromatic heterocycles. The van der Waals surface area contributed by atoms with E-state index in [1.165, 1.54) is 11.3 Å². The van der Waals surface area contributed by atoms with E-state index in [2.05, 4.69) is 10.6 Å². The Kier molecular flexibility index (Phi) is 6.77. The lowest BCUT2D eigenvalue weighted by molar-refractivity contribution is -0.121. The standard InChI is InChI=1S/C22H22N2O2S/c25-20(12-7-14-23-22(26)19-13-15-27-16-19)24-21(17-8-3-1-4-9-17)18-10-5-2-6-11-18/h1-6,8-11,13,15-16,21H,7,12,14H2,(H,23,26)(H,24,25). The zero-order chi connectivity index (χ0) is 18.9. The molecule has 0 saturated carbocycles. The maximum atomic E-state index is 12.5. The zero-order valence-corrected chi connectivity index (χ0v) is 15.7. The molecule has 0 bridgehead atoms. The van der Waals surface area contributed by atoms with Gasteiger partial charge in [0.05, 0.1) is 6.04 Å². The molecule has 0 atom stereocenters. The van der Waals surface area contributed by atoms with E-state index in [4.69, 9.17) is 0 Å². The first-order valence-electron chi connectivity index (χ1n) is 8.93. The van der Waals surface area contributed by atoms with Crippen molar-refractivity contribution in [2.24, 2.45) is 0 Å². The predicted octanol–water partition coefficient (Wildman–Crippen LogP) is 4.16. The highest BCUT2D eigenvalue weighted by atomic mass is 32.1. The molecular weight excluding hydrogens is 356 g/mol. The predicted molar refractivity (Wildman–Crippen MR) is 109 cm³/mol. The van der Waals surface area contributed by atoms with E-state index in [-0.39, 0.29) is 17.9 Å². The van der Waals surface area contributed by atoms with Crippen LogP contribution < -0.4 is 10.6 Å². The molecule has 3 rings (SSSR count). The molecule has 2 amide bonds. The highest BCUT2D eigenvalue weighted by Gasteiger charge is 2.16. The van der Waals surface area contributed by atoms with Crippen LogP contribution in [-0.2, 0) is 4.79 Å². The van der Waals surface area contributed by atoms with Crippen molar-refractivity contribution >= 4 is 23.2 Å². The first-order valence-corrected chi connectivity index (χ1v) is 9.88. The number of carbonyl (C=O) groups is 2. The molecule has 0 radical (unpaired) electrons. The van der Waals surface area contributed by atoms with Gasteiger partial charge in [0, 0.05) is 23.9 Å². The zero-order valence-electron chi connectivity index (χ0n) is 14.9. The van der Waals surface area contributed by atoms with Crippen molar-refractivity contribution in [3.63, 3.8) is 0 Å². The van der Waals surface area contributed by atoms with Crippen LogP contribution in [0, 0.1) is 0 Å². The number of amides is 2. The quantitative estimate of drug-likeness (QED) is 0.578. The van der Waals surface area contributed by atoms with Crippen LogP contribution in [0.15, 0.2) is 77.5 Å². The van der Waals surface area contributed by atoms with Crippen molar-refractivity contribution in [2.75, 3.05) is 6.54 Å². The van der Waals surface area contributed by atoms with Crippen LogP contribution in [0.5, 0.6) is 0 Å². The Morgan fingerprint density at radius 1 is 0.889 bits per heavy atom. The smallest absolute Gasteiger partial charge is 0.252 e. The fraction of sp³-hybridized carbons (Fsp3) is 0.182. The van der Waals surface area contributed by atoms with Crippen molar-refractivity contribution in [3.05, 3.63) is 94.2 Å². The third-order valence-corrected chi connectivity index (χ3v) is 4.90. The molecule has 0 spiro atoms. The number of carbonyl (C=O) groups excluding carboxylic acids is 2. The van der Waals surface area contributed by atoms with Crippen molar-refractivity contribution in [3.8, 4) is 0 Å². The molecule has 0 aliphatic heterocycles. The maximum Gasteiger partial charge on any atom is 0.252 e. The van der Waals surface area contributed by atoms with E-state index >= 15 is 0 Å². The molecule has 2 N–H and O–H groups in total. The van der Waals surface area contributed by atoms with Gasteiger partial charge in [-0.2, -0.15) is 11.3 Å². The molecule has 5 heteroatoms. The van der Waals surface area contributed by atoms with Gasteiger partial charge in [0.2, 0.25) is 5.91 Å². The summed E-state index contributed by atoms with van der Waals surface area (Å²) in [6, 6.07) is 21.5. The van der Waals surface area contributed by atoms with Crippen LogP contribution in [0.25, 0.3) is 0 Å². The summed E-state index contributed by atoms with van der Waals surface area (Å²) in [5, 5.41) is 9.64. The SMILES string of the molecule is O=C(CCCNC(=O)c1ccsc1)NC(c1ccccc1)c1ccccc1. The first kappa shape index (κ1) is 18.9. The molecule has 2 aromatic carbocycles. The number of hydrogen-bond acceptors (Lipinski definition) is 3. The van der Waals surface area contributed by atoms with Gasteiger partial charge in [-0.3, -0.25) is 9.59 Å². The lowest BCUT2D eigenvalue weighted by atomic mass is 9.98. The van der Waals surface area contributed by atoms with E-state index in [1.54, 1.807) is 6.07 Å². The van der Waals surface area contributed by atoms with Gasteiger partial charge in [-0.05, 0) is 29.0 Å². The van der Waals surface area contributed by atoms with Crippen LogP contribution in [0.3, 0.4) is 0 Å². The molecule has 1 heterocycles. The lowest BCUT2D eigenvalue weighted by Crippen LogP contribution is -2.30. The summed E-state index contributed by atoms with van der Waals surface area (Å²) in [6.07, 6.45) is 0.956. The van der Waals surface area contributed by atoms with Gasteiger partial charge in [-0.1, -0.05) is 60.7 Å². The van der Waals surface area contributed by atoms with Crippen molar-refractivity contribution in [2.45, 2.75) is 18.9 Å². The number of thiophene rings is 1. The molecule has 138 valence electrons. The highest BCUT2D eigenvalue weighted by Crippen LogP contribution is 2.21. The van der Waals surface area contributed by atoms with Gasteiger partial charge in [-0.25, -0.2) is 0 Å². The molecule has 27 heavy (non-hydrogen) atoms. The van der Waals surface area contributed by atoms with Gasteiger partial charge < -0.3 is 10.6 Å². The second-order valence-corrected chi connectivity index (χ2v) is 6.97. The molecule has 0 aliphatic rings. The number of rotatable bonds is 8. The number of nitrogens with one attached hydrogen (secondary N) is 2. The first-order chi connectivity index (χ1) is 13.2. The van der Waals surface area contributed by atoms with E-state index < -0.39 is 0 Å². The topological polar surface area (TPSA) is 58.2 Å². The van der Waals surface area contributed by atoms with Gasteiger partial charge in [0.1, 0.15) is 0 Å². The summed E-state index contributed by atoms with van der Waals surface area (Å²) in [5.74, 6) is -0.124. The molecule has 0 aliphatic carbocycles. The second-order valence-electron chi connectivity index (χ2n) is 6.19. The van der Waals surface area contributed by atoms with E-state index in [0.717, 1.165) is 11.1 Å². The molecule has 0 saturated heterocycles. The molecule has 0 fully saturated rings. The van der Waals surface area contributed by atoms with Crippen molar-refractivity contribution in [1.82, 2.24) is 10.6 Å². The fourth-order valence-electron chi connectivity index (χ4n) is 2.83. The Balaban J connectivity index is 1.53. The Bertz CT molecular complexity index is 809. The molecular formula is C22H22N2O2S. The summed E-state index contributed by atoms with van der Waals surface area (Å²) in [4.78, 5) is 24.3. The lowest BCUT2D eigenvalue weighted by Gasteiger charge is -2.20. The summed E-state index contributed by atoms with van der Waals surface area (Å²) >= 11 is 1.49. The fourth-order valence-corrected chi connectivity index (χ4v) is 3.47. The van der Waals surface area contributed by atoms with Crippen LogP contribution in [0.4, 0.5) is 0 Å². The van der Waals surface area contributed by atoms with Crippen molar-refractivity contribution in [1.29, 1.82) is 0 Å². The van der Waals surface area contributed by atoms with Crippen LogP contribution in [-0.4, -0.2) is 18.4 Å². The second kappa shape index (κ2) is 9.69. The minimum absolute atomic E-state index is 0.0301. The summed E-state index contributed by atoms with van der Waals surface area (Å²) in [5.41, 5.74) is 2.75. The summed E-state index contributed by atoms with van der Waals surface area (Å²) in [6.45, 7) is 0.476. The summed E-state index contributed by atoms with van der Waals surface area (Å²) in [7, 11) is 0. The number of benzene rings is 2. The Morgan fingerprint density at radius 2 is 1.52 bits per heavy atom. The monoisotopic (exact) mass is 378 g/mol. The van der Waals surface area contributed by atoms with E-state index in [1.807, 2.05) is 71.4 Å². The van der Waals surface area contributed by atoms with Crippen LogP contribution >= 0.6 is 11.3 Å². The maximum absolute atomic E-state index is 12.5. The van der Waals surface area contributed by atoms with E-state index in [0.29, 0.717) is 24.9 Å². The normalized spacial score (nSPS) is 10.6. The van der Waals surface area contributed by atoms with Gasteiger partial charge in [0.25, 0.3) is 5.91 Å². The van der Waals surface area contributed by atoms with Crippen LogP contribution in [0.2, 0.25) is 0 Å². The average molecular weight is 378 g/mol. The van der Waals surface area contributed by atoms with Crippen molar-refractivity contribution < 1.29 is 9.59 Å². The average Bonchev–Trinajstić information content (AvgIpc) is 3.25. The van der Waals surface area contributed by atoms with Gasteiger partial charge >= 0.3 is 0 Å². The minimum atomic E-state index is -0.180. The molecule has 3 aromatic rings. The Labute approximate surface area is 163 Å². The van der Waals surface area contributed by atoms with Crippen LogP contribution in [0.1, 0.15) is 40.4 Å². The third-order valence-electron chi connectivity index (χ3n) is 4.22. The minimum Gasteiger partial charge on any atom is -0.352 e. The number of hydrogen-bond donors (Lipinski definition) is 2. The van der Waals surface area contributed by atoms with Gasteiger partial charge in [-0.15, -0.1) is 0 Å². The largest absolute Gasteiger partial charge is 0.352 e. The van der Waals surface area contributed by atoms with E-state index in [9.17, 15) is 9.59 Å². The van der Waals surface area contributed by atoms with Gasteiger partial charge in [0.15, 0.2) is 0 Å². The highest BCUT2D eigenvalue weighted by molar-refractivity contribution is 7.08. The molecule has 4 nitrogen and oxygen atoms in total. The molecule has 0 unspecified atom stereocenters. The summed E-state index contributed by atoms with van der Waals surface area (Å²) < 4.78 is 0. The Morgan fingerprint density at radius 3 is 2.07 bits per heavy atom.